The molecule has 1 fully saturated rings. The number of hydrogen-bond donors (Lipinski definition) is 2. The van der Waals surface area contributed by atoms with E-state index in [1.165, 1.54) is 12.3 Å². The number of nitrogens with one attached hydrogen (secondary N) is 1. The van der Waals surface area contributed by atoms with E-state index in [0.29, 0.717) is 0 Å². The molecule has 2 rings (SSSR count). The SMILES string of the molecule is COC1(C(NN)c2cncc(F)c2)CCCC1. The molecular weight excluding hydrogens is 221 g/mol. The van der Waals surface area contributed by atoms with Crippen LogP contribution in [-0.2, 0) is 4.74 Å². The summed E-state index contributed by atoms with van der Waals surface area (Å²) >= 11 is 0. The summed E-state index contributed by atoms with van der Waals surface area (Å²) in [5.74, 6) is 5.26. The van der Waals surface area contributed by atoms with E-state index in [4.69, 9.17) is 10.6 Å². The summed E-state index contributed by atoms with van der Waals surface area (Å²) in [5.41, 5.74) is 3.14. The molecule has 1 heterocycles. The van der Waals surface area contributed by atoms with Crippen molar-refractivity contribution >= 4 is 0 Å². The number of nitrogens with two attached hydrogens (primary N) is 1. The minimum absolute atomic E-state index is 0.224. The second kappa shape index (κ2) is 5.08. The van der Waals surface area contributed by atoms with Gasteiger partial charge in [0.1, 0.15) is 5.82 Å². The predicted octanol–water partition coefficient (Wildman–Crippen LogP) is 1.68. The van der Waals surface area contributed by atoms with E-state index >= 15 is 0 Å². The van der Waals surface area contributed by atoms with Crippen molar-refractivity contribution in [3.63, 3.8) is 0 Å². The highest BCUT2D eigenvalue weighted by molar-refractivity contribution is 5.20. The van der Waals surface area contributed by atoms with E-state index in [2.05, 4.69) is 10.4 Å². The summed E-state index contributed by atoms with van der Waals surface area (Å²) in [7, 11) is 1.68. The van der Waals surface area contributed by atoms with Gasteiger partial charge in [0.15, 0.2) is 0 Å². The van der Waals surface area contributed by atoms with Crippen molar-refractivity contribution in [2.75, 3.05) is 7.11 Å². The lowest BCUT2D eigenvalue weighted by atomic mass is 9.88. The van der Waals surface area contributed by atoms with Crippen LogP contribution in [-0.4, -0.2) is 17.7 Å². The van der Waals surface area contributed by atoms with Crippen molar-refractivity contribution in [2.45, 2.75) is 37.3 Å². The molecule has 1 aliphatic rings. The first-order valence-corrected chi connectivity index (χ1v) is 5.83. The summed E-state index contributed by atoms with van der Waals surface area (Å²) in [5, 5.41) is 0. The van der Waals surface area contributed by atoms with E-state index in [-0.39, 0.29) is 17.5 Å². The van der Waals surface area contributed by atoms with Crippen molar-refractivity contribution in [2.24, 2.45) is 5.84 Å². The van der Waals surface area contributed by atoms with E-state index in [1.807, 2.05) is 0 Å². The largest absolute Gasteiger partial charge is 0.376 e. The molecule has 0 aromatic carbocycles. The average Bonchev–Trinajstić information content (AvgIpc) is 2.80. The van der Waals surface area contributed by atoms with Gasteiger partial charge in [0.25, 0.3) is 0 Å². The van der Waals surface area contributed by atoms with E-state index in [0.717, 1.165) is 31.2 Å². The molecule has 5 heteroatoms. The average molecular weight is 239 g/mol. The standard InChI is InChI=1S/C12H18FN3O/c1-17-12(4-2-3-5-12)11(16-14)9-6-10(13)8-15-7-9/h6-8,11,16H,2-5,14H2,1H3. The summed E-state index contributed by atoms with van der Waals surface area (Å²) < 4.78 is 18.9. The van der Waals surface area contributed by atoms with E-state index < -0.39 is 0 Å². The van der Waals surface area contributed by atoms with Crippen molar-refractivity contribution in [3.05, 3.63) is 29.8 Å². The molecule has 0 spiro atoms. The molecule has 1 unspecified atom stereocenters. The number of halogens is 1. The quantitative estimate of drug-likeness (QED) is 0.620. The van der Waals surface area contributed by atoms with Crippen LogP contribution in [0.5, 0.6) is 0 Å². The predicted molar refractivity (Wildman–Crippen MR) is 62.5 cm³/mol. The maximum absolute atomic E-state index is 13.2. The van der Waals surface area contributed by atoms with Gasteiger partial charge in [-0.3, -0.25) is 16.3 Å². The number of ether oxygens (including phenoxy) is 1. The zero-order valence-corrected chi connectivity index (χ0v) is 9.95. The van der Waals surface area contributed by atoms with Crippen LogP contribution in [0.2, 0.25) is 0 Å². The van der Waals surface area contributed by atoms with Gasteiger partial charge in [-0.15, -0.1) is 0 Å². The zero-order valence-electron chi connectivity index (χ0n) is 9.95. The number of methoxy groups -OCH3 is 1. The first-order chi connectivity index (χ1) is 8.22. The number of nitrogens with zero attached hydrogens (tertiary/aromatic N) is 1. The molecule has 1 saturated carbocycles. The minimum atomic E-state index is -0.355. The van der Waals surface area contributed by atoms with Gasteiger partial charge in [-0.05, 0) is 24.5 Å². The van der Waals surface area contributed by atoms with Crippen molar-refractivity contribution in [1.29, 1.82) is 0 Å². The van der Waals surface area contributed by atoms with Gasteiger partial charge in [0.2, 0.25) is 0 Å². The monoisotopic (exact) mass is 239 g/mol. The lowest BCUT2D eigenvalue weighted by Gasteiger charge is -2.36. The normalized spacial score (nSPS) is 20.4. The van der Waals surface area contributed by atoms with E-state index in [9.17, 15) is 4.39 Å². The molecule has 0 saturated heterocycles. The van der Waals surface area contributed by atoms with E-state index in [1.54, 1.807) is 13.3 Å². The van der Waals surface area contributed by atoms with Gasteiger partial charge in [0.05, 0.1) is 17.8 Å². The number of rotatable bonds is 4. The first-order valence-electron chi connectivity index (χ1n) is 5.83. The number of aromatic nitrogens is 1. The Labute approximate surface area is 100 Å². The molecular formula is C12H18FN3O. The third kappa shape index (κ3) is 2.31. The molecule has 3 N–H and O–H groups in total. The number of hydrazine groups is 1. The molecule has 1 aromatic rings. The van der Waals surface area contributed by atoms with Gasteiger partial charge >= 0.3 is 0 Å². The van der Waals surface area contributed by atoms with Crippen LogP contribution >= 0.6 is 0 Å². The summed E-state index contributed by atoms with van der Waals surface area (Å²) in [6.45, 7) is 0. The lowest BCUT2D eigenvalue weighted by Crippen LogP contribution is -2.46. The fourth-order valence-electron chi connectivity index (χ4n) is 2.72. The molecule has 0 bridgehead atoms. The van der Waals surface area contributed by atoms with Crippen LogP contribution in [0.25, 0.3) is 0 Å². The first kappa shape index (κ1) is 12.4. The number of hydrogen-bond acceptors (Lipinski definition) is 4. The van der Waals surface area contributed by atoms with Crippen molar-refractivity contribution < 1.29 is 9.13 Å². The molecule has 94 valence electrons. The van der Waals surface area contributed by atoms with Crippen LogP contribution in [0.15, 0.2) is 18.5 Å². The zero-order chi connectivity index (χ0) is 12.3. The third-order valence-electron chi connectivity index (χ3n) is 3.61. The molecule has 0 radical (unpaired) electrons. The van der Waals surface area contributed by atoms with Crippen LogP contribution < -0.4 is 11.3 Å². The lowest BCUT2D eigenvalue weighted by molar-refractivity contribution is -0.0370. The maximum atomic E-state index is 13.2. The molecule has 17 heavy (non-hydrogen) atoms. The Hall–Kier alpha value is -1.04. The second-order valence-electron chi connectivity index (χ2n) is 4.51. The summed E-state index contributed by atoms with van der Waals surface area (Å²) in [6.07, 6.45) is 6.88. The van der Waals surface area contributed by atoms with Gasteiger partial charge in [0, 0.05) is 13.3 Å². The Bertz CT molecular complexity index is 380. The van der Waals surface area contributed by atoms with Gasteiger partial charge in [-0.2, -0.15) is 0 Å². The van der Waals surface area contributed by atoms with Crippen molar-refractivity contribution in [3.8, 4) is 0 Å². The topological polar surface area (TPSA) is 60.2 Å². The Morgan fingerprint density at radius 2 is 2.18 bits per heavy atom. The fourth-order valence-corrected chi connectivity index (χ4v) is 2.72. The Kier molecular flexibility index (Phi) is 3.71. The smallest absolute Gasteiger partial charge is 0.141 e. The van der Waals surface area contributed by atoms with Gasteiger partial charge < -0.3 is 4.74 Å². The fraction of sp³-hybridized carbons (Fsp3) is 0.583. The second-order valence-corrected chi connectivity index (χ2v) is 4.51. The molecule has 0 aliphatic heterocycles. The highest BCUT2D eigenvalue weighted by Crippen LogP contribution is 2.42. The van der Waals surface area contributed by atoms with Gasteiger partial charge in [-0.25, -0.2) is 4.39 Å². The number of pyridine rings is 1. The molecule has 0 amide bonds. The third-order valence-corrected chi connectivity index (χ3v) is 3.61. The summed E-state index contributed by atoms with van der Waals surface area (Å²) in [6, 6.07) is 1.23. The minimum Gasteiger partial charge on any atom is -0.376 e. The Morgan fingerprint density at radius 1 is 1.47 bits per heavy atom. The Morgan fingerprint density at radius 3 is 2.71 bits per heavy atom. The van der Waals surface area contributed by atoms with Crippen LogP contribution in [0.4, 0.5) is 4.39 Å². The maximum Gasteiger partial charge on any atom is 0.141 e. The molecule has 4 nitrogen and oxygen atoms in total. The van der Waals surface area contributed by atoms with Gasteiger partial charge in [-0.1, -0.05) is 12.8 Å². The highest BCUT2D eigenvalue weighted by atomic mass is 19.1. The summed E-state index contributed by atoms with van der Waals surface area (Å²) in [4.78, 5) is 3.86. The molecule has 1 aliphatic carbocycles. The van der Waals surface area contributed by atoms with Crippen LogP contribution in [0.3, 0.4) is 0 Å². The van der Waals surface area contributed by atoms with Crippen LogP contribution in [0, 0.1) is 5.82 Å². The van der Waals surface area contributed by atoms with Crippen molar-refractivity contribution in [1.82, 2.24) is 10.4 Å². The molecule has 1 atom stereocenters. The Balaban J connectivity index is 2.32. The highest BCUT2D eigenvalue weighted by Gasteiger charge is 2.42. The molecule has 1 aromatic heterocycles. The van der Waals surface area contributed by atoms with Crippen LogP contribution in [0.1, 0.15) is 37.3 Å².